The number of hydrogen-bond acceptors (Lipinski definition) is 4. The molecule has 0 saturated heterocycles. The van der Waals surface area contributed by atoms with Crippen LogP contribution in [0.15, 0.2) is 42.5 Å². The summed E-state index contributed by atoms with van der Waals surface area (Å²) in [4.78, 5) is 14.5. The number of carbonyl (C=O) groups excluding carboxylic acids is 1. The van der Waals surface area contributed by atoms with Crippen molar-refractivity contribution >= 4 is 33.0 Å². The average Bonchev–Trinajstić information content (AvgIpc) is 2.90. The Labute approximate surface area is 154 Å². The summed E-state index contributed by atoms with van der Waals surface area (Å²) in [5.74, 6) is -0.212. The molecule has 1 atom stereocenters. The van der Waals surface area contributed by atoms with Crippen molar-refractivity contribution in [1.82, 2.24) is 0 Å². The zero-order valence-corrected chi connectivity index (χ0v) is 16.2. The van der Waals surface area contributed by atoms with E-state index in [2.05, 4.69) is 5.32 Å². The summed E-state index contributed by atoms with van der Waals surface area (Å²) in [5.41, 5.74) is 3.82. The number of rotatable bonds is 4. The maximum Gasteiger partial charge on any atom is 0.255 e. The molecule has 0 fully saturated rings. The van der Waals surface area contributed by atoms with Crippen LogP contribution in [0.3, 0.4) is 0 Å². The van der Waals surface area contributed by atoms with Gasteiger partial charge in [0.1, 0.15) is 0 Å². The number of hydrogen-bond donors (Lipinski definition) is 1. The van der Waals surface area contributed by atoms with Gasteiger partial charge in [-0.3, -0.25) is 9.10 Å². The fourth-order valence-electron chi connectivity index (χ4n) is 3.30. The first-order chi connectivity index (χ1) is 12.2. The zero-order valence-electron chi connectivity index (χ0n) is 15.4. The van der Waals surface area contributed by atoms with Gasteiger partial charge in [0.2, 0.25) is 10.0 Å². The second kappa shape index (κ2) is 6.64. The van der Waals surface area contributed by atoms with Crippen LogP contribution in [-0.4, -0.2) is 40.7 Å². The minimum atomic E-state index is -3.33. The smallest absolute Gasteiger partial charge is 0.255 e. The molecule has 0 saturated carbocycles. The summed E-state index contributed by atoms with van der Waals surface area (Å²) < 4.78 is 25.4. The van der Waals surface area contributed by atoms with Crippen LogP contribution in [-0.2, 0) is 16.4 Å². The molecule has 2 aromatic carbocycles. The van der Waals surface area contributed by atoms with Gasteiger partial charge in [0, 0.05) is 37.1 Å². The van der Waals surface area contributed by atoms with Crippen molar-refractivity contribution < 1.29 is 13.2 Å². The molecule has 0 aliphatic carbocycles. The van der Waals surface area contributed by atoms with Crippen molar-refractivity contribution in [2.75, 3.05) is 34.9 Å². The molecule has 7 heteroatoms. The Kier molecular flexibility index (Phi) is 4.66. The third-order valence-corrected chi connectivity index (χ3v) is 5.76. The normalized spacial score (nSPS) is 16.3. The van der Waals surface area contributed by atoms with Gasteiger partial charge in [-0.25, -0.2) is 8.42 Å². The fraction of sp³-hybridized carbons (Fsp3) is 0.316. The third kappa shape index (κ3) is 3.53. The van der Waals surface area contributed by atoms with Crippen LogP contribution in [0.1, 0.15) is 22.8 Å². The molecule has 1 N–H and O–H groups in total. The summed E-state index contributed by atoms with van der Waals surface area (Å²) in [6, 6.07) is 12.6. The Balaban J connectivity index is 1.81. The molecule has 0 aromatic heterocycles. The van der Waals surface area contributed by atoms with Gasteiger partial charge in [0.25, 0.3) is 5.91 Å². The molecular formula is C19H23N3O3S. The number of benzene rings is 2. The van der Waals surface area contributed by atoms with Crippen LogP contribution in [0.4, 0.5) is 17.1 Å². The van der Waals surface area contributed by atoms with Crippen LogP contribution in [0.25, 0.3) is 0 Å². The highest BCUT2D eigenvalue weighted by Gasteiger charge is 2.32. The highest BCUT2D eigenvalue weighted by Crippen LogP contribution is 2.34. The van der Waals surface area contributed by atoms with Crippen LogP contribution in [0.5, 0.6) is 0 Å². The van der Waals surface area contributed by atoms with Gasteiger partial charge in [0.05, 0.1) is 11.9 Å². The first-order valence-corrected chi connectivity index (χ1v) is 10.2. The summed E-state index contributed by atoms with van der Waals surface area (Å²) in [5, 5.41) is 2.88. The van der Waals surface area contributed by atoms with Crippen molar-refractivity contribution in [2.45, 2.75) is 19.4 Å². The molecule has 0 bridgehead atoms. The van der Waals surface area contributed by atoms with Crippen LogP contribution >= 0.6 is 0 Å². The Morgan fingerprint density at radius 1 is 1.15 bits per heavy atom. The quantitative estimate of drug-likeness (QED) is 0.895. The third-order valence-electron chi connectivity index (χ3n) is 4.49. The Hall–Kier alpha value is -2.54. The molecule has 1 heterocycles. The van der Waals surface area contributed by atoms with Gasteiger partial charge in [-0.05, 0) is 61.4 Å². The van der Waals surface area contributed by atoms with E-state index >= 15 is 0 Å². The molecule has 2 aromatic rings. The van der Waals surface area contributed by atoms with Gasteiger partial charge in [-0.15, -0.1) is 0 Å². The van der Waals surface area contributed by atoms with Crippen LogP contribution in [0, 0.1) is 0 Å². The number of sulfonamides is 1. The van der Waals surface area contributed by atoms with E-state index in [-0.39, 0.29) is 11.9 Å². The lowest BCUT2D eigenvalue weighted by atomic mass is 10.1. The number of nitrogens with zero attached hydrogens (tertiary/aromatic N) is 2. The van der Waals surface area contributed by atoms with Crippen molar-refractivity contribution in [3.05, 3.63) is 53.6 Å². The SMILES string of the molecule is CC1Cc2cc(C(=O)Nc3ccc(N(C)C)cc3)ccc2N1S(C)(=O)=O. The molecule has 1 amide bonds. The fourth-order valence-corrected chi connectivity index (χ4v) is 4.56. The predicted molar refractivity (Wildman–Crippen MR) is 106 cm³/mol. The minimum Gasteiger partial charge on any atom is -0.378 e. The molecule has 1 unspecified atom stereocenters. The number of nitrogens with one attached hydrogen (secondary N) is 1. The Morgan fingerprint density at radius 2 is 1.81 bits per heavy atom. The van der Waals surface area contributed by atoms with E-state index in [0.717, 1.165) is 11.3 Å². The largest absolute Gasteiger partial charge is 0.378 e. The number of carbonyl (C=O) groups is 1. The predicted octanol–water partition coefficient (Wildman–Crippen LogP) is 2.72. The summed E-state index contributed by atoms with van der Waals surface area (Å²) >= 11 is 0. The van der Waals surface area contributed by atoms with Gasteiger partial charge < -0.3 is 10.2 Å². The molecule has 3 rings (SSSR count). The highest BCUT2D eigenvalue weighted by atomic mass is 32.2. The van der Waals surface area contributed by atoms with Crippen molar-refractivity contribution in [3.63, 3.8) is 0 Å². The maximum atomic E-state index is 12.5. The second-order valence-corrected chi connectivity index (χ2v) is 8.71. The van der Waals surface area contributed by atoms with E-state index < -0.39 is 10.0 Å². The lowest BCUT2D eigenvalue weighted by Gasteiger charge is -2.21. The van der Waals surface area contributed by atoms with Crippen LogP contribution < -0.4 is 14.5 Å². The van der Waals surface area contributed by atoms with Gasteiger partial charge in [0.15, 0.2) is 0 Å². The highest BCUT2D eigenvalue weighted by molar-refractivity contribution is 7.92. The molecule has 0 radical (unpaired) electrons. The Bertz CT molecular complexity index is 937. The molecular weight excluding hydrogens is 350 g/mol. The van der Waals surface area contributed by atoms with Gasteiger partial charge >= 0.3 is 0 Å². The van der Waals surface area contributed by atoms with Gasteiger partial charge in [-0.2, -0.15) is 0 Å². The summed E-state index contributed by atoms with van der Waals surface area (Å²) in [6.45, 7) is 1.87. The van der Waals surface area contributed by atoms with E-state index in [1.165, 1.54) is 10.6 Å². The standard InChI is InChI=1S/C19H23N3O3S/c1-13-11-15-12-14(5-10-18(15)22(13)26(4,24)25)19(23)20-16-6-8-17(9-7-16)21(2)3/h5-10,12-13H,11H2,1-4H3,(H,20,23). The zero-order chi connectivity index (χ0) is 19.1. The van der Waals surface area contributed by atoms with E-state index in [1.807, 2.05) is 50.2 Å². The van der Waals surface area contributed by atoms with Crippen molar-refractivity contribution in [3.8, 4) is 0 Å². The molecule has 6 nitrogen and oxygen atoms in total. The summed E-state index contributed by atoms with van der Waals surface area (Å²) in [7, 11) is 0.585. The van der Waals surface area contributed by atoms with Crippen molar-refractivity contribution in [2.24, 2.45) is 0 Å². The minimum absolute atomic E-state index is 0.142. The molecule has 0 spiro atoms. The van der Waals surface area contributed by atoms with E-state index in [4.69, 9.17) is 0 Å². The van der Waals surface area contributed by atoms with E-state index in [0.29, 0.717) is 23.4 Å². The lowest BCUT2D eigenvalue weighted by Crippen LogP contribution is -2.34. The molecule has 1 aliphatic rings. The monoisotopic (exact) mass is 373 g/mol. The lowest BCUT2D eigenvalue weighted by molar-refractivity contribution is 0.102. The number of anilines is 3. The average molecular weight is 373 g/mol. The summed E-state index contributed by atoms with van der Waals surface area (Å²) in [6.07, 6.45) is 1.80. The van der Waals surface area contributed by atoms with E-state index in [1.54, 1.807) is 18.2 Å². The van der Waals surface area contributed by atoms with Crippen molar-refractivity contribution in [1.29, 1.82) is 0 Å². The number of fused-ring (bicyclic) bond motifs is 1. The first kappa shape index (κ1) is 18.3. The van der Waals surface area contributed by atoms with Crippen LogP contribution in [0.2, 0.25) is 0 Å². The molecule has 26 heavy (non-hydrogen) atoms. The number of amides is 1. The second-order valence-electron chi connectivity index (χ2n) is 6.85. The molecule has 1 aliphatic heterocycles. The topological polar surface area (TPSA) is 69.7 Å². The first-order valence-electron chi connectivity index (χ1n) is 8.38. The van der Waals surface area contributed by atoms with E-state index in [9.17, 15) is 13.2 Å². The molecule has 138 valence electrons. The Morgan fingerprint density at radius 3 is 2.38 bits per heavy atom. The van der Waals surface area contributed by atoms with Gasteiger partial charge in [-0.1, -0.05) is 0 Å². The maximum absolute atomic E-state index is 12.5.